The molecule has 2 aromatic carbocycles. The van der Waals surface area contributed by atoms with Crippen LogP contribution in [0.4, 0.5) is 5.69 Å². The SMILES string of the molecule is Clc1ccccc1N1CCC(Cc2ccccc2)CC1. The van der Waals surface area contributed by atoms with Gasteiger partial charge in [0.2, 0.25) is 0 Å². The van der Waals surface area contributed by atoms with Gasteiger partial charge in [-0.05, 0) is 42.9 Å². The summed E-state index contributed by atoms with van der Waals surface area (Å²) in [6.07, 6.45) is 3.71. The van der Waals surface area contributed by atoms with E-state index in [4.69, 9.17) is 11.6 Å². The summed E-state index contributed by atoms with van der Waals surface area (Å²) in [4.78, 5) is 2.42. The van der Waals surface area contributed by atoms with Crippen LogP contribution in [-0.2, 0) is 6.42 Å². The summed E-state index contributed by atoms with van der Waals surface area (Å²) in [5.74, 6) is 0.802. The Morgan fingerprint density at radius 2 is 1.55 bits per heavy atom. The van der Waals surface area contributed by atoms with Crippen molar-refractivity contribution in [1.82, 2.24) is 0 Å². The zero-order valence-corrected chi connectivity index (χ0v) is 12.4. The second-order valence-corrected chi connectivity index (χ2v) is 5.98. The Bertz CT molecular complexity index is 544. The fraction of sp³-hybridized carbons (Fsp3) is 0.333. The molecule has 0 amide bonds. The lowest BCUT2D eigenvalue weighted by Gasteiger charge is -2.34. The lowest BCUT2D eigenvalue weighted by molar-refractivity contribution is 0.404. The molecule has 0 N–H and O–H groups in total. The van der Waals surface area contributed by atoms with E-state index in [9.17, 15) is 0 Å². The number of piperidine rings is 1. The Labute approximate surface area is 126 Å². The molecule has 1 heterocycles. The number of halogens is 1. The van der Waals surface area contributed by atoms with Gasteiger partial charge in [0.1, 0.15) is 0 Å². The number of hydrogen-bond donors (Lipinski definition) is 0. The van der Waals surface area contributed by atoms with Gasteiger partial charge in [-0.1, -0.05) is 54.1 Å². The minimum absolute atomic E-state index is 0.802. The monoisotopic (exact) mass is 285 g/mol. The van der Waals surface area contributed by atoms with E-state index >= 15 is 0 Å². The van der Waals surface area contributed by atoms with Crippen LogP contribution in [0.5, 0.6) is 0 Å². The number of rotatable bonds is 3. The number of hydrogen-bond acceptors (Lipinski definition) is 1. The summed E-state index contributed by atoms with van der Waals surface area (Å²) >= 11 is 6.28. The molecule has 0 radical (unpaired) electrons. The van der Waals surface area contributed by atoms with Crippen LogP contribution in [0.3, 0.4) is 0 Å². The van der Waals surface area contributed by atoms with Crippen LogP contribution in [0.25, 0.3) is 0 Å². The third-order valence-corrected chi connectivity index (χ3v) is 4.49. The van der Waals surface area contributed by atoms with Gasteiger partial charge in [0.05, 0.1) is 10.7 Å². The minimum Gasteiger partial charge on any atom is -0.370 e. The maximum Gasteiger partial charge on any atom is 0.0639 e. The van der Waals surface area contributed by atoms with Crippen LogP contribution in [0.1, 0.15) is 18.4 Å². The number of anilines is 1. The molecule has 0 aromatic heterocycles. The minimum atomic E-state index is 0.802. The highest BCUT2D eigenvalue weighted by molar-refractivity contribution is 6.33. The van der Waals surface area contributed by atoms with E-state index in [1.54, 1.807) is 0 Å². The van der Waals surface area contributed by atoms with E-state index < -0.39 is 0 Å². The Hall–Kier alpha value is -1.47. The third-order valence-electron chi connectivity index (χ3n) is 4.17. The van der Waals surface area contributed by atoms with Crippen LogP contribution in [0.15, 0.2) is 54.6 Å². The molecule has 3 rings (SSSR count). The van der Waals surface area contributed by atoms with E-state index in [0.717, 1.165) is 24.0 Å². The molecule has 1 aliphatic rings. The molecule has 1 saturated heterocycles. The summed E-state index contributed by atoms with van der Waals surface area (Å²) in [6, 6.07) is 19.0. The Kier molecular flexibility index (Phi) is 4.27. The van der Waals surface area contributed by atoms with Crippen molar-refractivity contribution in [3.8, 4) is 0 Å². The first-order valence-electron chi connectivity index (χ1n) is 7.36. The van der Waals surface area contributed by atoms with E-state index in [-0.39, 0.29) is 0 Å². The van der Waals surface area contributed by atoms with Crippen molar-refractivity contribution in [2.75, 3.05) is 18.0 Å². The molecule has 0 atom stereocenters. The first kappa shape index (κ1) is 13.5. The quantitative estimate of drug-likeness (QED) is 0.783. The van der Waals surface area contributed by atoms with Gasteiger partial charge in [-0.3, -0.25) is 0 Å². The standard InChI is InChI=1S/C18H20ClN/c19-17-8-4-5-9-18(17)20-12-10-16(11-13-20)14-15-6-2-1-3-7-15/h1-9,16H,10-14H2. The first-order valence-corrected chi connectivity index (χ1v) is 7.74. The van der Waals surface area contributed by atoms with E-state index in [0.29, 0.717) is 0 Å². The van der Waals surface area contributed by atoms with Gasteiger partial charge in [0, 0.05) is 13.1 Å². The smallest absolute Gasteiger partial charge is 0.0639 e. The summed E-state index contributed by atoms with van der Waals surface area (Å²) in [5.41, 5.74) is 2.65. The van der Waals surface area contributed by atoms with Crippen molar-refractivity contribution in [1.29, 1.82) is 0 Å². The van der Waals surface area contributed by atoms with E-state index in [1.807, 2.05) is 12.1 Å². The van der Waals surface area contributed by atoms with Gasteiger partial charge < -0.3 is 4.90 Å². The fourth-order valence-corrected chi connectivity index (χ4v) is 3.29. The molecule has 1 aliphatic heterocycles. The van der Waals surface area contributed by atoms with Crippen LogP contribution in [-0.4, -0.2) is 13.1 Å². The van der Waals surface area contributed by atoms with Crippen LogP contribution in [0, 0.1) is 5.92 Å². The Balaban J connectivity index is 1.59. The molecule has 0 unspecified atom stereocenters. The molecule has 2 heteroatoms. The number of para-hydroxylation sites is 1. The molecule has 20 heavy (non-hydrogen) atoms. The molecule has 2 aromatic rings. The molecular formula is C18H20ClN. The van der Waals surface area contributed by atoms with Crippen molar-refractivity contribution in [2.24, 2.45) is 5.92 Å². The predicted molar refractivity (Wildman–Crippen MR) is 86.5 cm³/mol. The van der Waals surface area contributed by atoms with Gasteiger partial charge in [-0.2, -0.15) is 0 Å². The van der Waals surface area contributed by atoms with Crippen molar-refractivity contribution in [2.45, 2.75) is 19.3 Å². The zero-order chi connectivity index (χ0) is 13.8. The van der Waals surface area contributed by atoms with Gasteiger partial charge in [-0.25, -0.2) is 0 Å². The van der Waals surface area contributed by atoms with Gasteiger partial charge in [0.15, 0.2) is 0 Å². The summed E-state index contributed by atoms with van der Waals surface area (Å²) in [6.45, 7) is 2.22. The lowest BCUT2D eigenvalue weighted by Crippen LogP contribution is -2.34. The second-order valence-electron chi connectivity index (χ2n) is 5.57. The van der Waals surface area contributed by atoms with Crippen molar-refractivity contribution < 1.29 is 0 Å². The highest BCUT2D eigenvalue weighted by Crippen LogP contribution is 2.30. The maximum absolute atomic E-state index is 6.28. The first-order chi connectivity index (χ1) is 9.83. The third kappa shape index (κ3) is 3.16. The molecule has 1 nitrogen and oxygen atoms in total. The predicted octanol–water partition coefficient (Wildman–Crippen LogP) is 4.80. The van der Waals surface area contributed by atoms with Gasteiger partial charge in [0.25, 0.3) is 0 Å². The normalized spacial score (nSPS) is 16.4. The second kappa shape index (κ2) is 6.32. The molecule has 0 spiro atoms. The van der Waals surface area contributed by atoms with Crippen LogP contribution >= 0.6 is 11.6 Å². The largest absolute Gasteiger partial charge is 0.370 e. The topological polar surface area (TPSA) is 3.24 Å². The van der Waals surface area contributed by atoms with Crippen molar-refractivity contribution in [3.05, 3.63) is 65.2 Å². The van der Waals surface area contributed by atoms with E-state index in [2.05, 4.69) is 47.4 Å². The average molecular weight is 286 g/mol. The fourth-order valence-electron chi connectivity index (χ4n) is 3.03. The molecule has 104 valence electrons. The summed E-state index contributed by atoms with van der Waals surface area (Å²) < 4.78 is 0. The van der Waals surface area contributed by atoms with Gasteiger partial charge >= 0.3 is 0 Å². The average Bonchev–Trinajstić information content (AvgIpc) is 2.50. The number of nitrogens with zero attached hydrogens (tertiary/aromatic N) is 1. The molecule has 0 aliphatic carbocycles. The highest BCUT2D eigenvalue weighted by atomic mass is 35.5. The van der Waals surface area contributed by atoms with E-state index in [1.165, 1.54) is 30.5 Å². The lowest BCUT2D eigenvalue weighted by atomic mass is 9.90. The van der Waals surface area contributed by atoms with Gasteiger partial charge in [-0.15, -0.1) is 0 Å². The Morgan fingerprint density at radius 3 is 2.25 bits per heavy atom. The molecule has 1 fully saturated rings. The van der Waals surface area contributed by atoms with Crippen molar-refractivity contribution in [3.63, 3.8) is 0 Å². The van der Waals surface area contributed by atoms with Crippen LogP contribution < -0.4 is 4.90 Å². The highest BCUT2D eigenvalue weighted by Gasteiger charge is 2.20. The number of benzene rings is 2. The van der Waals surface area contributed by atoms with Crippen molar-refractivity contribution >= 4 is 17.3 Å². The maximum atomic E-state index is 6.28. The Morgan fingerprint density at radius 1 is 0.900 bits per heavy atom. The summed E-state index contributed by atoms with van der Waals surface area (Å²) in [5, 5.41) is 0.869. The molecule has 0 bridgehead atoms. The zero-order valence-electron chi connectivity index (χ0n) is 11.6. The van der Waals surface area contributed by atoms with Crippen LogP contribution in [0.2, 0.25) is 5.02 Å². The molecule has 0 saturated carbocycles. The summed E-state index contributed by atoms with van der Waals surface area (Å²) in [7, 11) is 0. The molecular weight excluding hydrogens is 266 g/mol.